The van der Waals surface area contributed by atoms with Crippen LogP contribution in [0.3, 0.4) is 0 Å². The summed E-state index contributed by atoms with van der Waals surface area (Å²) in [6, 6.07) is 16.4. The topological polar surface area (TPSA) is 37.4 Å². The average molecular weight is 387 g/mol. The first-order valence-electron chi connectivity index (χ1n) is 8.37. The van der Waals surface area contributed by atoms with Gasteiger partial charge in [-0.05, 0) is 61.4 Å². The first-order valence-corrected chi connectivity index (χ1v) is 9.81. The Bertz CT molecular complexity index is 1060. The van der Waals surface area contributed by atoms with Crippen LogP contribution in [0.2, 0.25) is 0 Å². The van der Waals surface area contributed by atoms with Gasteiger partial charge >= 0.3 is 0 Å². The molecule has 0 saturated heterocycles. The van der Waals surface area contributed by atoms with Crippen LogP contribution in [0.4, 0.5) is 14.5 Å². The zero-order valence-electron chi connectivity index (χ0n) is 15.0. The molecule has 3 nitrogen and oxygen atoms in total. The molecule has 0 aromatic heterocycles. The Morgan fingerprint density at radius 3 is 2.22 bits per heavy atom. The van der Waals surface area contributed by atoms with Gasteiger partial charge < -0.3 is 0 Å². The molecule has 27 heavy (non-hydrogen) atoms. The van der Waals surface area contributed by atoms with Crippen molar-refractivity contribution in [2.45, 2.75) is 25.3 Å². The van der Waals surface area contributed by atoms with E-state index in [2.05, 4.69) is 0 Å². The molecule has 0 unspecified atom stereocenters. The number of anilines is 1. The van der Waals surface area contributed by atoms with Crippen LogP contribution in [-0.4, -0.2) is 8.42 Å². The summed E-state index contributed by atoms with van der Waals surface area (Å²) < 4.78 is 54.9. The highest BCUT2D eigenvalue weighted by molar-refractivity contribution is 7.92. The van der Waals surface area contributed by atoms with Crippen molar-refractivity contribution in [1.82, 2.24) is 0 Å². The largest absolute Gasteiger partial charge is 0.264 e. The Morgan fingerprint density at radius 1 is 0.889 bits per heavy atom. The molecule has 140 valence electrons. The summed E-state index contributed by atoms with van der Waals surface area (Å²) in [5, 5.41) is 0. The SMILES string of the molecule is Cc1cccc(CN(c2ccc(F)cc2)S(=O)(=O)c2ccc(C)c(F)c2)c1. The lowest BCUT2D eigenvalue weighted by atomic mass is 10.1. The average Bonchev–Trinajstić information content (AvgIpc) is 2.63. The molecule has 6 heteroatoms. The molecule has 0 amide bonds. The van der Waals surface area contributed by atoms with Gasteiger partial charge in [0.1, 0.15) is 11.6 Å². The van der Waals surface area contributed by atoms with Gasteiger partial charge in [0.2, 0.25) is 0 Å². The van der Waals surface area contributed by atoms with Crippen molar-refractivity contribution in [3.63, 3.8) is 0 Å². The molecule has 0 fully saturated rings. The van der Waals surface area contributed by atoms with E-state index < -0.39 is 21.7 Å². The maximum Gasteiger partial charge on any atom is 0.264 e. The van der Waals surface area contributed by atoms with E-state index in [0.29, 0.717) is 11.3 Å². The molecular weight excluding hydrogens is 368 g/mol. The van der Waals surface area contributed by atoms with Gasteiger partial charge in [-0.25, -0.2) is 17.2 Å². The van der Waals surface area contributed by atoms with Crippen LogP contribution >= 0.6 is 0 Å². The second-order valence-corrected chi connectivity index (χ2v) is 8.25. The minimum absolute atomic E-state index is 0.0468. The summed E-state index contributed by atoms with van der Waals surface area (Å²) >= 11 is 0. The molecule has 0 atom stereocenters. The highest BCUT2D eigenvalue weighted by Crippen LogP contribution is 2.27. The van der Waals surface area contributed by atoms with Crippen LogP contribution in [0, 0.1) is 25.5 Å². The van der Waals surface area contributed by atoms with E-state index in [1.807, 2.05) is 31.2 Å². The van der Waals surface area contributed by atoms with Gasteiger partial charge in [0.15, 0.2) is 0 Å². The molecule has 0 N–H and O–H groups in total. The zero-order chi connectivity index (χ0) is 19.6. The third kappa shape index (κ3) is 4.17. The highest BCUT2D eigenvalue weighted by atomic mass is 32.2. The lowest BCUT2D eigenvalue weighted by Crippen LogP contribution is -2.30. The summed E-state index contributed by atoms with van der Waals surface area (Å²) in [6.07, 6.45) is 0. The maximum atomic E-state index is 14.0. The number of rotatable bonds is 5. The van der Waals surface area contributed by atoms with Crippen molar-refractivity contribution in [1.29, 1.82) is 0 Å². The van der Waals surface area contributed by atoms with Crippen molar-refractivity contribution in [3.05, 3.63) is 95.1 Å². The van der Waals surface area contributed by atoms with E-state index >= 15 is 0 Å². The van der Waals surface area contributed by atoms with Crippen molar-refractivity contribution in [2.75, 3.05) is 4.31 Å². The number of halogens is 2. The Balaban J connectivity index is 2.10. The molecular formula is C21H19F2NO2S. The molecule has 0 bridgehead atoms. The fourth-order valence-electron chi connectivity index (χ4n) is 2.76. The summed E-state index contributed by atoms with van der Waals surface area (Å²) in [5.41, 5.74) is 2.43. The second-order valence-electron chi connectivity index (χ2n) is 6.39. The first-order chi connectivity index (χ1) is 12.8. The molecule has 0 saturated carbocycles. The van der Waals surface area contributed by atoms with Gasteiger partial charge in [-0.2, -0.15) is 0 Å². The van der Waals surface area contributed by atoms with Gasteiger partial charge in [-0.15, -0.1) is 0 Å². The number of hydrogen-bond donors (Lipinski definition) is 0. The summed E-state index contributed by atoms with van der Waals surface area (Å²) in [6.45, 7) is 3.52. The summed E-state index contributed by atoms with van der Waals surface area (Å²) in [5.74, 6) is -1.06. The number of hydrogen-bond acceptors (Lipinski definition) is 2. The predicted octanol–water partition coefficient (Wildman–Crippen LogP) is 4.98. The minimum atomic E-state index is -4.05. The van der Waals surface area contributed by atoms with Gasteiger partial charge in [-0.3, -0.25) is 4.31 Å². The van der Waals surface area contributed by atoms with Crippen LogP contribution in [0.5, 0.6) is 0 Å². The van der Waals surface area contributed by atoms with Gasteiger partial charge in [0.05, 0.1) is 17.1 Å². The number of aryl methyl sites for hydroxylation is 2. The van der Waals surface area contributed by atoms with Crippen LogP contribution in [0.15, 0.2) is 71.6 Å². The van der Waals surface area contributed by atoms with Crippen LogP contribution in [-0.2, 0) is 16.6 Å². The third-order valence-corrected chi connectivity index (χ3v) is 6.02. The summed E-state index contributed by atoms with van der Waals surface area (Å²) in [4.78, 5) is -0.150. The predicted molar refractivity (Wildman–Crippen MR) is 102 cm³/mol. The molecule has 0 heterocycles. The van der Waals surface area contributed by atoms with Crippen molar-refractivity contribution in [3.8, 4) is 0 Å². The minimum Gasteiger partial charge on any atom is -0.262 e. The molecule has 0 aliphatic rings. The Hall–Kier alpha value is -2.73. The van der Waals surface area contributed by atoms with E-state index in [-0.39, 0.29) is 11.4 Å². The van der Waals surface area contributed by atoms with E-state index in [4.69, 9.17) is 0 Å². The van der Waals surface area contributed by atoms with Crippen LogP contribution in [0.25, 0.3) is 0 Å². The molecule has 3 aromatic carbocycles. The van der Waals surface area contributed by atoms with E-state index in [1.54, 1.807) is 6.92 Å². The van der Waals surface area contributed by atoms with Crippen molar-refractivity contribution < 1.29 is 17.2 Å². The Kier molecular flexibility index (Phi) is 5.28. The number of nitrogens with zero attached hydrogens (tertiary/aromatic N) is 1. The zero-order valence-corrected chi connectivity index (χ0v) is 15.8. The molecule has 0 aliphatic carbocycles. The van der Waals surface area contributed by atoms with E-state index in [9.17, 15) is 17.2 Å². The van der Waals surface area contributed by atoms with Crippen LogP contribution in [0.1, 0.15) is 16.7 Å². The standard InChI is InChI=1S/C21H19F2NO2S/c1-15-4-3-5-17(12-15)14-24(19-9-7-18(22)8-10-19)27(25,26)20-11-6-16(2)21(23)13-20/h3-13H,14H2,1-2H3. The monoisotopic (exact) mass is 387 g/mol. The second kappa shape index (κ2) is 7.48. The highest BCUT2D eigenvalue weighted by Gasteiger charge is 2.26. The van der Waals surface area contributed by atoms with Crippen LogP contribution < -0.4 is 4.31 Å². The smallest absolute Gasteiger partial charge is 0.262 e. The quantitative estimate of drug-likeness (QED) is 0.619. The lowest BCUT2D eigenvalue weighted by Gasteiger charge is -2.25. The van der Waals surface area contributed by atoms with Gasteiger partial charge in [-0.1, -0.05) is 35.9 Å². The fraction of sp³-hybridized carbons (Fsp3) is 0.143. The first kappa shape index (κ1) is 19.0. The normalized spacial score (nSPS) is 11.4. The fourth-order valence-corrected chi connectivity index (χ4v) is 4.23. The third-order valence-electron chi connectivity index (χ3n) is 4.25. The number of benzene rings is 3. The van der Waals surface area contributed by atoms with Crippen molar-refractivity contribution >= 4 is 15.7 Å². The summed E-state index contributed by atoms with van der Waals surface area (Å²) in [7, 11) is -4.05. The van der Waals surface area contributed by atoms with E-state index in [1.165, 1.54) is 36.4 Å². The number of sulfonamides is 1. The molecule has 0 spiro atoms. The van der Waals surface area contributed by atoms with Crippen molar-refractivity contribution in [2.24, 2.45) is 0 Å². The lowest BCUT2D eigenvalue weighted by molar-refractivity contribution is 0.584. The van der Waals surface area contributed by atoms with Gasteiger partial charge in [0.25, 0.3) is 10.0 Å². The Labute approximate surface area is 157 Å². The molecule has 3 aromatic rings. The van der Waals surface area contributed by atoms with E-state index in [0.717, 1.165) is 21.5 Å². The molecule has 3 rings (SSSR count). The maximum absolute atomic E-state index is 14.0. The molecule has 0 aliphatic heterocycles. The Morgan fingerprint density at radius 2 is 1.59 bits per heavy atom. The molecule has 0 radical (unpaired) electrons. The van der Waals surface area contributed by atoms with Gasteiger partial charge in [0, 0.05) is 0 Å².